The molecule has 3 rings (SSSR count). The summed E-state index contributed by atoms with van der Waals surface area (Å²) < 4.78 is 27.2. The van der Waals surface area contributed by atoms with Gasteiger partial charge in [-0.1, -0.05) is 12.5 Å². The lowest BCUT2D eigenvalue weighted by Gasteiger charge is -2.32. The lowest BCUT2D eigenvalue weighted by atomic mass is 10.1. The highest BCUT2D eigenvalue weighted by Crippen LogP contribution is 2.25. The maximum Gasteiger partial charge on any atom is 0.256 e. The summed E-state index contributed by atoms with van der Waals surface area (Å²) in [6.07, 6.45) is 2.82. The zero-order chi connectivity index (χ0) is 18.7. The first-order valence-electron chi connectivity index (χ1n) is 8.75. The van der Waals surface area contributed by atoms with E-state index in [1.165, 1.54) is 24.3 Å². The molecule has 0 bridgehead atoms. The van der Waals surface area contributed by atoms with E-state index in [2.05, 4.69) is 10.3 Å². The second-order valence-corrected chi connectivity index (χ2v) is 8.49. The quantitative estimate of drug-likeness (QED) is 0.892. The highest BCUT2D eigenvalue weighted by Gasteiger charge is 2.30. The maximum atomic E-state index is 12.8. The summed E-state index contributed by atoms with van der Waals surface area (Å²) in [7, 11) is -3.53. The number of hydrogen-bond donors (Lipinski definition) is 1. The van der Waals surface area contributed by atoms with Crippen LogP contribution in [0, 0.1) is 6.92 Å². The zero-order valence-electron chi connectivity index (χ0n) is 15.0. The van der Waals surface area contributed by atoms with Crippen LogP contribution in [0.1, 0.15) is 42.2 Å². The molecule has 2 aromatic rings. The van der Waals surface area contributed by atoms with E-state index in [0.29, 0.717) is 17.9 Å². The average molecular weight is 373 g/mol. The van der Waals surface area contributed by atoms with Crippen LogP contribution in [0.5, 0.6) is 0 Å². The molecule has 0 spiro atoms. The number of benzene rings is 1. The topological polar surface area (TPSA) is 79.4 Å². The fourth-order valence-corrected chi connectivity index (χ4v) is 4.84. The van der Waals surface area contributed by atoms with E-state index in [4.69, 9.17) is 0 Å². The Morgan fingerprint density at radius 3 is 2.54 bits per heavy atom. The minimum absolute atomic E-state index is 0.00381. The first-order valence-corrected chi connectivity index (χ1v) is 10.2. The van der Waals surface area contributed by atoms with Crippen LogP contribution in [-0.4, -0.2) is 36.2 Å². The number of piperidine rings is 1. The summed E-state index contributed by atoms with van der Waals surface area (Å²) in [4.78, 5) is 16.8. The molecule has 138 valence electrons. The van der Waals surface area contributed by atoms with Crippen LogP contribution in [0.4, 0.5) is 5.82 Å². The minimum atomic E-state index is -3.53. The standard InChI is InChI=1S/C19H23N3O3S/c1-14-6-5-8-18(20-14)21-19(23)16-9-11-17(12-10-16)26(24,25)22-13-4-3-7-15(22)2/h5-6,8-12,15H,3-4,7,13H2,1-2H3,(H,20,21,23)/t15-/m1/s1. The molecule has 0 unspecified atom stereocenters. The maximum absolute atomic E-state index is 12.8. The van der Waals surface area contributed by atoms with Gasteiger partial charge in [-0.05, 0) is 63.1 Å². The Bertz CT molecular complexity index is 895. The number of carbonyl (C=O) groups excluding carboxylic acids is 1. The molecule has 1 aromatic carbocycles. The van der Waals surface area contributed by atoms with Crippen LogP contribution in [0.3, 0.4) is 0 Å². The van der Waals surface area contributed by atoms with Crippen LogP contribution in [0.25, 0.3) is 0 Å². The Hall–Kier alpha value is -2.25. The van der Waals surface area contributed by atoms with E-state index in [1.807, 2.05) is 26.0 Å². The summed E-state index contributed by atoms with van der Waals surface area (Å²) >= 11 is 0. The number of amides is 1. The molecule has 0 aliphatic carbocycles. The Balaban J connectivity index is 1.76. The van der Waals surface area contributed by atoms with E-state index >= 15 is 0 Å². The lowest BCUT2D eigenvalue weighted by Crippen LogP contribution is -2.41. The molecule has 0 saturated carbocycles. The van der Waals surface area contributed by atoms with E-state index in [-0.39, 0.29) is 16.8 Å². The van der Waals surface area contributed by atoms with Gasteiger partial charge in [-0.2, -0.15) is 4.31 Å². The third kappa shape index (κ3) is 3.94. The monoisotopic (exact) mass is 373 g/mol. The Labute approximate surface area is 154 Å². The third-order valence-corrected chi connectivity index (χ3v) is 6.62. The normalized spacial score (nSPS) is 18.5. The number of aromatic nitrogens is 1. The van der Waals surface area contributed by atoms with Crippen molar-refractivity contribution in [2.45, 2.75) is 44.0 Å². The van der Waals surface area contributed by atoms with Crippen molar-refractivity contribution in [1.29, 1.82) is 0 Å². The number of aryl methyl sites for hydroxylation is 1. The van der Waals surface area contributed by atoms with Gasteiger partial charge < -0.3 is 5.32 Å². The molecular weight excluding hydrogens is 350 g/mol. The average Bonchev–Trinajstić information content (AvgIpc) is 2.62. The molecule has 1 fully saturated rings. The number of pyridine rings is 1. The van der Waals surface area contributed by atoms with Gasteiger partial charge in [-0.3, -0.25) is 4.79 Å². The predicted octanol–water partition coefficient (Wildman–Crippen LogP) is 3.21. The van der Waals surface area contributed by atoms with Crippen molar-refractivity contribution in [1.82, 2.24) is 9.29 Å². The van der Waals surface area contributed by atoms with Crippen molar-refractivity contribution in [2.75, 3.05) is 11.9 Å². The zero-order valence-corrected chi connectivity index (χ0v) is 15.8. The molecule has 1 aliphatic rings. The SMILES string of the molecule is Cc1cccc(NC(=O)c2ccc(S(=O)(=O)N3CCCC[C@H]3C)cc2)n1. The van der Waals surface area contributed by atoms with Crippen molar-refractivity contribution >= 4 is 21.7 Å². The second kappa shape index (κ2) is 7.55. The Morgan fingerprint density at radius 2 is 1.88 bits per heavy atom. The molecular formula is C19H23N3O3S. The molecule has 1 aromatic heterocycles. The highest BCUT2D eigenvalue weighted by molar-refractivity contribution is 7.89. The van der Waals surface area contributed by atoms with Crippen LogP contribution >= 0.6 is 0 Å². The summed E-state index contributed by atoms with van der Waals surface area (Å²) in [6.45, 7) is 4.33. The van der Waals surface area contributed by atoms with Crippen molar-refractivity contribution in [3.63, 3.8) is 0 Å². The molecule has 2 heterocycles. The van der Waals surface area contributed by atoms with Gasteiger partial charge in [-0.15, -0.1) is 0 Å². The summed E-state index contributed by atoms with van der Waals surface area (Å²) in [5.41, 5.74) is 1.19. The summed E-state index contributed by atoms with van der Waals surface area (Å²) in [5.74, 6) is 0.146. The predicted molar refractivity (Wildman–Crippen MR) is 101 cm³/mol. The summed E-state index contributed by atoms with van der Waals surface area (Å²) in [6, 6.07) is 11.4. The Morgan fingerprint density at radius 1 is 1.15 bits per heavy atom. The Kier molecular flexibility index (Phi) is 5.38. The molecule has 1 N–H and O–H groups in total. The van der Waals surface area contributed by atoms with Gasteiger partial charge in [0, 0.05) is 23.8 Å². The first-order chi connectivity index (χ1) is 12.4. The lowest BCUT2D eigenvalue weighted by molar-refractivity contribution is 0.102. The molecule has 1 saturated heterocycles. The fourth-order valence-electron chi connectivity index (χ4n) is 3.14. The first kappa shape index (κ1) is 18.5. The fraction of sp³-hybridized carbons (Fsp3) is 0.368. The summed E-state index contributed by atoms with van der Waals surface area (Å²) in [5, 5.41) is 2.72. The van der Waals surface area contributed by atoms with Crippen molar-refractivity contribution in [2.24, 2.45) is 0 Å². The van der Waals surface area contributed by atoms with Gasteiger partial charge in [0.2, 0.25) is 10.0 Å². The van der Waals surface area contributed by atoms with Gasteiger partial charge in [0.15, 0.2) is 0 Å². The number of nitrogens with one attached hydrogen (secondary N) is 1. The largest absolute Gasteiger partial charge is 0.307 e. The van der Waals surface area contributed by atoms with Crippen LogP contribution in [-0.2, 0) is 10.0 Å². The van der Waals surface area contributed by atoms with Gasteiger partial charge in [0.1, 0.15) is 5.82 Å². The molecule has 26 heavy (non-hydrogen) atoms. The van der Waals surface area contributed by atoms with E-state index in [0.717, 1.165) is 25.0 Å². The van der Waals surface area contributed by atoms with Crippen molar-refractivity contribution in [3.8, 4) is 0 Å². The number of rotatable bonds is 4. The molecule has 1 aliphatic heterocycles. The minimum Gasteiger partial charge on any atom is -0.307 e. The van der Waals surface area contributed by atoms with Crippen molar-refractivity contribution < 1.29 is 13.2 Å². The molecule has 6 nitrogen and oxygen atoms in total. The number of carbonyl (C=O) groups is 1. The van der Waals surface area contributed by atoms with Crippen LogP contribution in [0.2, 0.25) is 0 Å². The van der Waals surface area contributed by atoms with Gasteiger partial charge in [0.05, 0.1) is 4.90 Å². The van der Waals surface area contributed by atoms with E-state index in [1.54, 1.807) is 10.4 Å². The highest BCUT2D eigenvalue weighted by atomic mass is 32.2. The van der Waals surface area contributed by atoms with E-state index < -0.39 is 10.0 Å². The van der Waals surface area contributed by atoms with Crippen LogP contribution in [0.15, 0.2) is 47.4 Å². The van der Waals surface area contributed by atoms with Gasteiger partial charge >= 0.3 is 0 Å². The van der Waals surface area contributed by atoms with Gasteiger partial charge in [-0.25, -0.2) is 13.4 Å². The number of nitrogens with zero attached hydrogens (tertiary/aromatic N) is 2. The van der Waals surface area contributed by atoms with E-state index in [9.17, 15) is 13.2 Å². The molecule has 1 atom stereocenters. The second-order valence-electron chi connectivity index (χ2n) is 6.60. The number of hydrogen-bond acceptors (Lipinski definition) is 4. The molecule has 1 amide bonds. The van der Waals surface area contributed by atoms with Crippen LogP contribution < -0.4 is 5.32 Å². The number of sulfonamides is 1. The number of anilines is 1. The van der Waals surface area contributed by atoms with Crippen molar-refractivity contribution in [3.05, 3.63) is 53.7 Å². The third-order valence-electron chi connectivity index (χ3n) is 4.60. The molecule has 0 radical (unpaired) electrons. The smallest absolute Gasteiger partial charge is 0.256 e. The van der Waals surface area contributed by atoms with Gasteiger partial charge in [0.25, 0.3) is 5.91 Å². The molecule has 7 heteroatoms.